The third-order valence-corrected chi connectivity index (χ3v) is 2.90. The van der Waals surface area contributed by atoms with Crippen LogP contribution < -0.4 is 20.5 Å². The fraction of sp³-hybridized carbons (Fsp3) is 0.533. The van der Waals surface area contributed by atoms with Gasteiger partial charge < -0.3 is 20.5 Å². The van der Waals surface area contributed by atoms with Gasteiger partial charge in [-0.25, -0.2) is 0 Å². The normalized spacial score (nSPS) is 12.2. The van der Waals surface area contributed by atoms with E-state index in [1.54, 1.807) is 7.11 Å². The minimum Gasteiger partial charge on any atom is -0.493 e. The first kappa shape index (κ1) is 16.3. The van der Waals surface area contributed by atoms with Gasteiger partial charge >= 0.3 is 0 Å². The molecule has 5 heteroatoms. The van der Waals surface area contributed by atoms with Gasteiger partial charge in [-0.05, 0) is 24.1 Å². The molecule has 0 saturated carbocycles. The highest BCUT2D eigenvalue weighted by atomic mass is 16.5. The lowest BCUT2D eigenvalue weighted by Crippen LogP contribution is -2.33. The number of hydrogen-bond donors (Lipinski definition) is 2. The lowest BCUT2D eigenvalue weighted by Gasteiger charge is -2.17. The van der Waals surface area contributed by atoms with E-state index in [9.17, 15) is 4.79 Å². The Morgan fingerprint density at radius 2 is 2.05 bits per heavy atom. The molecule has 0 aliphatic rings. The van der Waals surface area contributed by atoms with E-state index in [0.717, 1.165) is 12.1 Å². The molecule has 0 aromatic heterocycles. The number of carbonyl (C=O) groups is 1. The predicted octanol–water partition coefficient (Wildman–Crippen LogP) is 1.84. The summed E-state index contributed by atoms with van der Waals surface area (Å²) in [6, 6.07) is 6.07. The van der Waals surface area contributed by atoms with Gasteiger partial charge in [-0.3, -0.25) is 4.79 Å². The van der Waals surface area contributed by atoms with Crippen LogP contribution in [0.25, 0.3) is 0 Å². The van der Waals surface area contributed by atoms with Crippen LogP contribution in [0.5, 0.6) is 11.5 Å². The second-order valence-electron chi connectivity index (χ2n) is 4.94. The van der Waals surface area contributed by atoms with Crippen LogP contribution >= 0.6 is 0 Å². The first-order valence-corrected chi connectivity index (χ1v) is 6.84. The zero-order chi connectivity index (χ0) is 15.1. The molecule has 1 rings (SSSR count). The third kappa shape index (κ3) is 4.74. The SMILES string of the molecule is CCC(Oc1ccc(CNC(C)C)cc1OC)C(N)=O. The molecule has 0 radical (unpaired) electrons. The van der Waals surface area contributed by atoms with Crippen molar-refractivity contribution < 1.29 is 14.3 Å². The number of hydrogen-bond acceptors (Lipinski definition) is 4. The quantitative estimate of drug-likeness (QED) is 0.762. The van der Waals surface area contributed by atoms with Gasteiger partial charge in [0.2, 0.25) is 0 Å². The molecule has 5 nitrogen and oxygen atoms in total. The van der Waals surface area contributed by atoms with Crippen LogP contribution in [-0.2, 0) is 11.3 Å². The second-order valence-corrected chi connectivity index (χ2v) is 4.94. The van der Waals surface area contributed by atoms with Crippen molar-refractivity contribution in [1.82, 2.24) is 5.32 Å². The first-order valence-electron chi connectivity index (χ1n) is 6.84. The number of nitrogens with two attached hydrogens (primary N) is 1. The van der Waals surface area contributed by atoms with Gasteiger partial charge in [0.05, 0.1) is 7.11 Å². The lowest BCUT2D eigenvalue weighted by molar-refractivity contribution is -0.124. The van der Waals surface area contributed by atoms with E-state index in [2.05, 4.69) is 19.2 Å². The molecule has 1 aromatic rings. The summed E-state index contributed by atoms with van der Waals surface area (Å²) in [7, 11) is 1.58. The van der Waals surface area contributed by atoms with Gasteiger partial charge in [-0.1, -0.05) is 26.8 Å². The van der Waals surface area contributed by atoms with Crippen molar-refractivity contribution in [2.75, 3.05) is 7.11 Å². The van der Waals surface area contributed by atoms with Crippen LogP contribution in [0.2, 0.25) is 0 Å². The van der Waals surface area contributed by atoms with Gasteiger partial charge in [0.25, 0.3) is 5.91 Å². The maximum Gasteiger partial charge on any atom is 0.258 e. The van der Waals surface area contributed by atoms with E-state index >= 15 is 0 Å². The van der Waals surface area contributed by atoms with Crippen molar-refractivity contribution >= 4 is 5.91 Å². The molecular weight excluding hydrogens is 256 g/mol. The molecule has 20 heavy (non-hydrogen) atoms. The number of ether oxygens (including phenoxy) is 2. The summed E-state index contributed by atoms with van der Waals surface area (Å²) in [5, 5.41) is 3.33. The maximum absolute atomic E-state index is 11.2. The molecule has 0 bridgehead atoms. The van der Waals surface area contributed by atoms with Crippen molar-refractivity contribution in [2.45, 2.75) is 45.9 Å². The number of primary amides is 1. The largest absolute Gasteiger partial charge is 0.493 e. The van der Waals surface area contributed by atoms with E-state index in [0.29, 0.717) is 24.0 Å². The average molecular weight is 280 g/mol. The standard InChI is InChI=1S/C15H24N2O3/c1-5-12(15(16)18)20-13-7-6-11(8-14(13)19-4)9-17-10(2)3/h6-8,10,12,17H,5,9H2,1-4H3,(H2,16,18). The van der Waals surface area contributed by atoms with Gasteiger partial charge in [0.15, 0.2) is 17.6 Å². The second kappa shape index (κ2) is 7.75. The molecule has 0 spiro atoms. The molecule has 0 saturated heterocycles. The summed E-state index contributed by atoms with van der Waals surface area (Å²) in [5.41, 5.74) is 6.38. The van der Waals surface area contributed by atoms with Gasteiger partial charge in [0, 0.05) is 12.6 Å². The number of nitrogens with one attached hydrogen (secondary N) is 1. The van der Waals surface area contributed by atoms with Gasteiger partial charge in [-0.15, -0.1) is 0 Å². The van der Waals surface area contributed by atoms with Crippen LogP contribution in [0.4, 0.5) is 0 Å². The Morgan fingerprint density at radius 3 is 2.55 bits per heavy atom. The van der Waals surface area contributed by atoms with Crippen molar-refractivity contribution in [2.24, 2.45) is 5.73 Å². The Balaban J connectivity index is 2.84. The summed E-state index contributed by atoms with van der Waals surface area (Å²) in [6.07, 6.45) is -0.113. The number of carbonyl (C=O) groups excluding carboxylic acids is 1. The molecule has 0 heterocycles. The first-order chi connectivity index (χ1) is 9.47. The summed E-state index contributed by atoms with van der Waals surface area (Å²) < 4.78 is 10.9. The van der Waals surface area contributed by atoms with E-state index in [1.165, 1.54) is 0 Å². The Labute approximate surface area is 120 Å². The van der Waals surface area contributed by atoms with Crippen LogP contribution in [0.15, 0.2) is 18.2 Å². The Hall–Kier alpha value is -1.75. The third-order valence-electron chi connectivity index (χ3n) is 2.90. The molecule has 1 atom stereocenters. The molecule has 3 N–H and O–H groups in total. The van der Waals surface area contributed by atoms with Crippen LogP contribution in [0.1, 0.15) is 32.8 Å². The van der Waals surface area contributed by atoms with Crippen LogP contribution in [0, 0.1) is 0 Å². The zero-order valence-electron chi connectivity index (χ0n) is 12.6. The van der Waals surface area contributed by atoms with Crippen molar-refractivity contribution in [1.29, 1.82) is 0 Å². The smallest absolute Gasteiger partial charge is 0.258 e. The van der Waals surface area contributed by atoms with E-state index in [4.69, 9.17) is 15.2 Å². The average Bonchev–Trinajstić information content (AvgIpc) is 2.42. The molecule has 1 unspecified atom stereocenters. The fourth-order valence-electron chi connectivity index (χ4n) is 1.74. The Morgan fingerprint density at radius 1 is 1.35 bits per heavy atom. The molecular formula is C15H24N2O3. The molecule has 0 aliphatic carbocycles. The summed E-state index contributed by atoms with van der Waals surface area (Å²) in [6.45, 7) is 6.78. The molecule has 0 aliphatic heterocycles. The molecule has 1 aromatic carbocycles. The molecule has 1 amide bonds. The number of methoxy groups -OCH3 is 1. The topological polar surface area (TPSA) is 73.6 Å². The van der Waals surface area contributed by atoms with Crippen molar-refractivity contribution in [3.05, 3.63) is 23.8 Å². The predicted molar refractivity (Wildman–Crippen MR) is 78.9 cm³/mol. The Bertz CT molecular complexity index is 447. The van der Waals surface area contributed by atoms with Crippen molar-refractivity contribution in [3.8, 4) is 11.5 Å². The summed E-state index contributed by atoms with van der Waals surface area (Å²) >= 11 is 0. The highest BCUT2D eigenvalue weighted by Crippen LogP contribution is 2.29. The highest BCUT2D eigenvalue weighted by Gasteiger charge is 2.17. The monoisotopic (exact) mass is 280 g/mol. The zero-order valence-corrected chi connectivity index (χ0v) is 12.6. The van der Waals surface area contributed by atoms with Crippen molar-refractivity contribution in [3.63, 3.8) is 0 Å². The number of benzene rings is 1. The Kier molecular flexibility index (Phi) is 6.31. The van der Waals surface area contributed by atoms with Crippen LogP contribution in [0.3, 0.4) is 0 Å². The van der Waals surface area contributed by atoms with Gasteiger partial charge in [0.1, 0.15) is 0 Å². The summed E-state index contributed by atoms with van der Waals surface area (Å²) in [5.74, 6) is 0.666. The lowest BCUT2D eigenvalue weighted by atomic mass is 10.2. The fourth-order valence-corrected chi connectivity index (χ4v) is 1.74. The van der Waals surface area contributed by atoms with Gasteiger partial charge in [-0.2, -0.15) is 0 Å². The number of amides is 1. The van der Waals surface area contributed by atoms with E-state index in [-0.39, 0.29) is 0 Å². The minimum absolute atomic E-state index is 0.413. The molecule has 0 fully saturated rings. The summed E-state index contributed by atoms with van der Waals surface area (Å²) in [4.78, 5) is 11.2. The van der Waals surface area contributed by atoms with Crippen LogP contribution in [-0.4, -0.2) is 25.2 Å². The van der Waals surface area contributed by atoms with E-state index in [1.807, 2.05) is 25.1 Å². The maximum atomic E-state index is 11.2. The minimum atomic E-state index is -0.636. The number of rotatable bonds is 8. The highest BCUT2D eigenvalue weighted by molar-refractivity contribution is 5.79. The van der Waals surface area contributed by atoms with E-state index < -0.39 is 12.0 Å². The molecule has 112 valence electrons.